The largest absolute Gasteiger partial charge is 0.465 e. The van der Waals surface area contributed by atoms with Gasteiger partial charge in [0.05, 0.1) is 4.90 Å². The van der Waals surface area contributed by atoms with Gasteiger partial charge in [-0.3, -0.25) is 0 Å². The minimum absolute atomic E-state index is 0.0516. The van der Waals surface area contributed by atoms with Gasteiger partial charge in [-0.2, -0.15) is 0 Å². The number of fused-ring (bicyclic) bond motifs is 1. The van der Waals surface area contributed by atoms with Crippen LogP contribution in [0.4, 0.5) is 0 Å². The van der Waals surface area contributed by atoms with Gasteiger partial charge >= 0.3 is 0 Å². The van der Waals surface area contributed by atoms with Gasteiger partial charge in [0.1, 0.15) is 17.3 Å². The van der Waals surface area contributed by atoms with Gasteiger partial charge < -0.3 is 4.42 Å². The first-order valence-corrected chi connectivity index (χ1v) is 9.19. The quantitative estimate of drug-likeness (QED) is 0.863. The van der Waals surface area contributed by atoms with Crippen molar-refractivity contribution < 1.29 is 12.8 Å². The molecule has 3 rings (SSSR count). The van der Waals surface area contributed by atoms with Crippen LogP contribution in [0.5, 0.6) is 0 Å². The van der Waals surface area contributed by atoms with Crippen LogP contribution in [0.1, 0.15) is 42.8 Å². The maximum absolute atomic E-state index is 12.4. The third-order valence-corrected chi connectivity index (χ3v) is 5.64. The lowest BCUT2D eigenvalue weighted by Crippen LogP contribution is -2.03. The molecule has 4 heteroatoms. The molecule has 0 saturated heterocycles. The van der Waals surface area contributed by atoms with Crippen molar-refractivity contribution in [3.05, 3.63) is 53.5 Å². The minimum atomic E-state index is -3.32. The fraction of sp³-hybridized carbons (Fsp3) is 0.412. The molecule has 0 unspecified atom stereocenters. The predicted molar refractivity (Wildman–Crippen MR) is 81.9 cm³/mol. The molecule has 0 N–H and O–H groups in total. The number of aryl methyl sites for hydroxylation is 2. The van der Waals surface area contributed by atoms with Gasteiger partial charge in [-0.05, 0) is 43.0 Å². The normalized spacial score (nSPS) is 16.0. The zero-order valence-electron chi connectivity index (χ0n) is 12.0. The fourth-order valence-corrected chi connectivity index (χ4v) is 4.13. The summed E-state index contributed by atoms with van der Waals surface area (Å²) in [4.78, 5) is 0.355. The number of benzene rings is 1. The van der Waals surface area contributed by atoms with Gasteiger partial charge in [0, 0.05) is 6.42 Å². The van der Waals surface area contributed by atoms with E-state index in [0.717, 1.165) is 31.4 Å². The number of hydrogen-bond donors (Lipinski definition) is 0. The van der Waals surface area contributed by atoms with Crippen molar-refractivity contribution in [3.63, 3.8) is 0 Å². The van der Waals surface area contributed by atoms with Crippen LogP contribution in [-0.4, -0.2) is 8.42 Å². The molecule has 0 aliphatic heterocycles. The van der Waals surface area contributed by atoms with Gasteiger partial charge in [-0.25, -0.2) is 8.42 Å². The van der Waals surface area contributed by atoms with Crippen molar-refractivity contribution in [2.24, 2.45) is 0 Å². The van der Waals surface area contributed by atoms with Gasteiger partial charge in [-0.15, -0.1) is 0 Å². The van der Waals surface area contributed by atoms with Crippen LogP contribution in [-0.2, 0) is 28.4 Å². The number of rotatable bonds is 3. The Morgan fingerprint density at radius 1 is 0.952 bits per heavy atom. The van der Waals surface area contributed by atoms with Crippen LogP contribution in [0.15, 0.2) is 45.7 Å². The highest BCUT2D eigenvalue weighted by atomic mass is 32.2. The molecule has 0 spiro atoms. The Balaban J connectivity index is 1.83. The van der Waals surface area contributed by atoms with E-state index in [2.05, 4.69) is 0 Å². The van der Waals surface area contributed by atoms with E-state index in [0.29, 0.717) is 10.7 Å². The van der Waals surface area contributed by atoms with E-state index in [1.165, 1.54) is 18.4 Å². The Kier molecular flexibility index (Phi) is 4.15. The summed E-state index contributed by atoms with van der Waals surface area (Å²) in [5, 5.41) is 0. The van der Waals surface area contributed by atoms with Gasteiger partial charge in [0.15, 0.2) is 9.84 Å². The zero-order chi connectivity index (χ0) is 14.7. The highest BCUT2D eigenvalue weighted by Crippen LogP contribution is 2.26. The van der Waals surface area contributed by atoms with Crippen LogP contribution in [0.2, 0.25) is 0 Å². The summed E-state index contributed by atoms with van der Waals surface area (Å²) >= 11 is 0. The van der Waals surface area contributed by atoms with Crippen LogP contribution >= 0.6 is 0 Å². The molecule has 0 radical (unpaired) electrons. The maximum Gasteiger partial charge on any atom is 0.185 e. The van der Waals surface area contributed by atoms with Crippen molar-refractivity contribution in [3.8, 4) is 0 Å². The van der Waals surface area contributed by atoms with Crippen LogP contribution in [0, 0.1) is 0 Å². The molecule has 1 aromatic heterocycles. The molecule has 1 aromatic carbocycles. The van der Waals surface area contributed by atoms with Crippen LogP contribution in [0.3, 0.4) is 0 Å². The van der Waals surface area contributed by atoms with E-state index < -0.39 is 9.84 Å². The molecule has 0 atom stereocenters. The summed E-state index contributed by atoms with van der Waals surface area (Å²) in [6.07, 6.45) is 6.72. The fourth-order valence-electron chi connectivity index (χ4n) is 2.88. The third kappa shape index (κ3) is 3.38. The summed E-state index contributed by atoms with van der Waals surface area (Å²) in [6, 6.07) is 10.5. The molecule has 3 nitrogen and oxygen atoms in total. The topological polar surface area (TPSA) is 47.3 Å². The molecule has 21 heavy (non-hydrogen) atoms. The second kappa shape index (κ2) is 6.06. The highest BCUT2D eigenvalue weighted by molar-refractivity contribution is 7.90. The van der Waals surface area contributed by atoms with Crippen LogP contribution < -0.4 is 0 Å². The van der Waals surface area contributed by atoms with E-state index >= 15 is 0 Å². The lowest BCUT2D eigenvalue weighted by molar-refractivity contribution is 0.454. The number of hydrogen-bond acceptors (Lipinski definition) is 3. The monoisotopic (exact) mass is 304 g/mol. The minimum Gasteiger partial charge on any atom is -0.465 e. The average molecular weight is 304 g/mol. The van der Waals surface area contributed by atoms with Crippen molar-refractivity contribution in [1.29, 1.82) is 0 Å². The predicted octanol–water partition coefficient (Wildman–Crippen LogP) is 3.91. The molecular weight excluding hydrogens is 284 g/mol. The molecule has 0 amide bonds. The summed E-state index contributed by atoms with van der Waals surface area (Å²) < 4.78 is 30.6. The Hall–Kier alpha value is -1.55. The SMILES string of the molecule is O=S(=O)(Cc1cc2c(o1)CCCCCC2)c1ccccc1. The summed E-state index contributed by atoms with van der Waals surface area (Å²) in [5.74, 6) is 1.52. The standard InChI is InChI=1S/C17H20O3S/c18-21(19,16-9-5-3-6-10-16)13-15-12-14-8-4-1-2-7-11-17(14)20-15/h3,5-6,9-10,12H,1-2,4,7-8,11,13H2. The second-order valence-electron chi connectivity index (χ2n) is 5.65. The van der Waals surface area contributed by atoms with Gasteiger partial charge in [0.25, 0.3) is 0 Å². The van der Waals surface area contributed by atoms with Crippen molar-refractivity contribution in [1.82, 2.24) is 0 Å². The number of furan rings is 1. The maximum atomic E-state index is 12.4. The van der Waals surface area contributed by atoms with E-state index in [1.807, 2.05) is 12.1 Å². The summed E-state index contributed by atoms with van der Waals surface area (Å²) in [5.41, 5.74) is 1.20. The molecular formula is C17H20O3S. The van der Waals surface area contributed by atoms with E-state index in [1.54, 1.807) is 24.3 Å². The lowest BCUT2D eigenvalue weighted by atomic mass is 9.99. The van der Waals surface area contributed by atoms with Crippen molar-refractivity contribution >= 4 is 9.84 Å². The molecule has 1 aliphatic rings. The first kappa shape index (κ1) is 14.4. The second-order valence-corrected chi connectivity index (χ2v) is 7.64. The molecule has 1 heterocycles. The smallest absolute Gasteiger partial charge is 0.185 e. The van der Waals surface area contributed by atoms with E-state index in [4.69, 9.17) is 4.42 Å². The molecule has 2 aromatic rings. The van der Waals surface area contributed by atoms with Crippen molar-refractivity contribution in [2.75, 3.05) is 0 Å². The Labute approximate surface area is 125 Å². The van der Waals surface area contributed by atoms with E-state index in [9.17, 15) is 8.42 Å². The third-order valence-electron chi connectivity index (χ3n) is 3.98. The first-order valence-electron chi connectivity index (χ1n) is 7.53. The Morgan fingerprint density at radius 3 is 2.43 bits per heavy atom. The van der Waals surface area contributed by atoms with Crippen LogP contribution in [0.25, 0.3) is 0 Å². The summed E-state index contributed by atoms with van der Waals surface area (Å²) in [6.45, 7) is 0. The molecule has 0 saturated carbocycles. The van der Waals surface area contributed by atoms with Gasteiger partial charge in [0.2, 0.25) is 0 Å². The Bertz CT molecular complexity index is 673. The molecule has 0 fully saturated rings. The number of sulfone groups is 1. The molecule has 1 aliphatic carbocycles. The zero-order valence-corrected chi connectivity index (χ0v) is 12.9. The van der Waals surface area contributed by atoms with E-state index in [-0.39, 0.29) is 5.75 Å². The van der Waals surface area contributed by atoms with Crippen molar-refractivity contribution in [2.45, 2.75) is 49.2 Å². The average Bonchev–Trinajstić information content (AvgIpc) is 2.80. The highest BCUT2D eigenvalue weighted by Gasteiger charge is 2.20. The lowest BCUT2D eigenvalue weighted by Gasteiger charge is -2.06. The summed E-state index contributed by atoms with van der Waals surface area (Å²) in [7, 11) is -3.32. The Morgan fingerprint density at radius 2 is 1.67 bits per heavy atom. The van der Waals surface area contributed by atoms with Gasteiger partial charge in [-0.1, -0.05) is 31.0 Å². The molecule has 0 bridgehead atoms. The molecule has 112 valence electrons. The first-order chi connectivity index (χ1) is 10.1.